The number of carbonyl (C=O) groups is 1. The van der Waals surface area contributed by atoms with E-state index < -0.39 is 0 Å². The number of carbonyl (C=O) groups excluding carboxylic acids is 1. The lowest BCUT2D eigenvalue weighted by molar-refractivity contribution is -0.118. The van der Waals surface area contributed by atoms with Crippen molar-refractivity contribution < 1.29 is 9.53 Å². The van der Waals surface area contributed by atoms with Gasteiger partial charge in [-0.05, 0) is 69.5 Å². The van der Waals surface area contributed by atoms with Crippen molar-refractivity contribution in [1.29, 1.82) is 0 Å². The molecule has 6 rings (SSSR count). The van der Waals surface area contributed by atoms with Gasteiger partial charge in [0.25, 0.3) is 0 Å². The van der Waals surface area contributed by atoms with Crippen LogP contribution < -0.4 is 15.5 Å². The summed E-state index contributed by atoms with van der Waals surface area (Å²) < 4.78 is 6.17. The van der Waals surface area contributed by atoms with Gasteiger partial charge in [-0.25, -0.2) is 4.98 Å². The molecule has 2 aromatic heterocycles. The summed E-state index contributed by atoms with van der Waals surface area (Å²) in [7, 11) is 2.24. The van der Waals surface area contributed by atoms with Crippen molar-refractivity contribution in [3.8, 4) is 11.1 Å². The first-order chi connectivity index (χ1) is 19.5. The van der Waals surface area contributed by atoms with Crippen LogP contribution in [0.25, 0.3) is 21.3 Å². The average molecular weight is 563 g/mol. The predicted octanol–water partition coefficient (Wildman–Crippen LogP) is 4.78. The summed E-state index contributed by atoms with van der Waals surface area (Å²) in [4.78, 5) is 30.0. The number of nitrogens with two attached hydrogens (primary N) is 1. The van der Waals surface area contributed by atoms with Crippen molar-refractivity contribution in [1.82, 2.24) is 14.9 Å². The third kappa shape index (κ3) is 6.11. The molecule has 0 radical (unpaired) electrons. The van der Waals surface area contributed by atoms with E-state index in [4.69, 9.17) is 20.4 Å². The zero-order valence-corrected chi connectivity index (χ0v) is 24.5. The summed E-state index contributed by atoms with van der Waals surface area (Å²) in [5.41, 5.74) is 7.89. The summed E-state index contributed by atoms with van der Waals surface area (Å²) >= 11 is 1.69. The zero-order chi connectivity index (χ0) is 27.5. The molecule has 2 N–H and O–H groups in total. The fraction of sp³-hybridized carbons (Fsp3) is 0.581. The molecule has 1 aromatic carbocycles. The second-order valence-corrected chi connectivity index (χ2v) is 12.7. The van der Waals surface area contributed by atoms with Crippen molar-refractivity contribution >= 4 is 39.2 Å². The Balaban J connectivity index is 1.17. The molecule has 3 saturated heterocycles. The molecule has 0 aliphatic carbocycles. The Bertz CT molecular complexity index is 1290. The summed E-state index contributed by atoms with van der Waals surface area (Å²) in [6.45, 7) is 6.53. The van der Waals surface area contributed by atoms with Crippen molar-refractivity contribution in [3.63, 3.8) is 0 Å². The number of anilines is 2. The summed E-state index contributed by atoms with van der Waals surface area (Å²) in [5, 5.41) is 3.38. The Morgan fingerprint density at radius 2 is 1.80 bits per heavy atom. The van der Waals surface area contributed by atoms with Crippen LogP contribution in [0.2, 0.25) is 0 Å². The van der Waals surface area contributed by atoms with E-state index in [0.717, 1.165) is 87.1 Å². The van der Waals surface area contributed by atoms with Crippen molar-refractivity contribution in [2.45, 2.75) is 51.0 Å². The minimum absolute atomic E-state index is 0.229. The van der Waals surface area contributed by atoms with Gasteiger partial charge in [-0.1, -0.05) is 30.3 Å². The van der Waals surface area contributed by atoms with Crippen LogP contribution in [0.15, 0.2) is 35.7 Å². The van der Waals surface area contributed by atoms with E-state index >= 15 is 0 Å². The van der Waals surface area contributed by atoms with Gasteiger partial charge in [0.05, 0.1) is 5.39 Å². The molecule has 3 fully saturated rings. The number of benzene rings is 1. The highest BCUT2D eigenvalue weighted by Crippen LogP contribution is 2.41. The van der Waals surface area contributed by atoms with Crippen molar-refractivity contribution in [2.24, 2.45) is 17.6 Å². The Morgan fingerprint density at radius 3 is 2.55 bits per heavy atom. The van der Waals surface area contributed by atoms with E-state index in [1.54, 1.807) is 11.3 Å². The molecule has 5 heterocycles. The largest absolute Gasteiger partial charge is 0.381 e. The number of thiophene rings is 1. The van der Waals surface area contributed by atoms with Gasteiger partial charge in [0.2, 0.25) is 11.9 Å². The third-order valence-electron chi connectivity index (χ3n) is 9.08. The maximum absolute atomic E-state index is 11.5. The second kappa shape index (κ2) is 12.4. The van der Waals surface area contributed by atoms with Crippen LogP contribution in [0.5, 0.6) is 0 Å². The number of hydrogen-bond donors (Lipinski definition) is 1. The molecule has 0 spiro atoms. The number of likely N-dealkylation sites (tertiary alicyclic amines) is 1. The Hall–Kier alpha value is -2.75. The maximum atomic E-state index is 11.5. The standard InChI is InChI=1S/C31H42N6O2S/c1-35-13-5-8-25(35)12-17-39-20-22-9-14-36(15-10-22)29-28-26(24-6-3-2-4-7-24)21-40-30(28)34-31(33-29)37-16-11-23(19-37)18-27(32)38/h2-4,6-7,21-23,25H,5,8-20H2,1H3,(H2,32,38). The first kappa shape index (κ1) is 27.4. The van der Waals surface area contributed by atoms with Crippen LogP contribution in [-0.2, 0) is 9.53 Å². The number of amides is 1. The molecular formula is C31H42N6O2S. The number of fused-ring (bicyclic) bond motifs is 1. The van der Waals surface area contributed by atoms with Gasteiger partial charge in [0, 0.05) is 62.8 Å². The molecule has 9 heteroatoms. The highest BCUT2D eigenvalue weighted by molar-refractivity contribution is 7.17. The Kier molecular flexibility index (Phi) is 8.51. The van der Waals surface area contributed by atoms with Crippen LogP contribution in [0, 0.1) is 11.8 Å². The lowest BCUT2D eigenvalue weighted by atomic mass is 9.97. The van der Waals surface area contributed by atoms with Gasteiger partial charge in [0.1, 0.15) is 10.6 Å². The lowest BCUT2D eigenvalue weighted by Gasteiger charge is -2.34. The number of primary amides is 1. The quantitative estimate of drug-likeness (QED) is 0.356. The number of rotatable bonds is 10. The van der Waals surface area contributed by atoms with Gasteiger partial charge in [-0.15, -0.1) is 11.3 Å². The van der Waals surface area contributed by atoms with Gasteiger partial charge in [0.15, 0.2) is 0 Å². The summed E-state index contributed by atoms with van der Waals surface area (Å²) in [6.07, 6.45) is 7.37. The van der Waals surface area contributed by atoms with E-state index in [1.807, 2.05) is 0 Å². The van der Waals surface area contributed by atoms with Crippen molar-refractivity contribution in [3.05, 3.63) is 35.7 Å². The average Bonchev–Trinajstić information content (AvgIpc) is 3.71. The van der Waals surface area contributed by atoms with Gasteiger partial charge in [-0.3, -0.25) is 4.79 Å². The summed E-state index contributed by atoms with van der Waals surface area (Å²) in [6, 6.07) is 11.3. The van der Waals surface area contributed by atoms with Crippen LogP contribution >= 0.6 is 11.3 Å². The third-order valence-corrected chi connectivity index (χ3v) is 9.95. The van der Waals surface area contributed by atoms with Crippen molar-refractivity contribution in [2.75, 3.05) is 62.8 Å². The van der Waals surface area contributed by atoms with E-state index in [0.29, 0.717) is 18.4 Å². The lowest BCUT2D eigenvalue weighted by Crippen LogP contribution is -2.36. The topological polar surface area (TPSA) is 87.8 Å². The normalized spacial score (nSPS) is 22.5. The Labute approximate surface area is 241 Å². The minimum atomic E-state index is -0.229. The van der Waals surface area contributed by atoms with E-state index in [2.05, 4.69) is 57.5 Å². The smallest absolute Gasteiger partial charge is 0.228 e. The van der Waals surface area contributed by atoms with Gasteiger partial charge >= 0.3 is 0 Å². The SMILES string of the molecule is CN1CCCC1CCOCC1CCN(c2nc(N3CCC(CC(N)=O)C3)nc3scc(-c4ccccc4)c23)CC1. The van der Waals surface area contributed by atoms with Gasteiger partial charge in [-0.2, -0.15) is 4.98 Å². The van der Waals surface area contributed by atoms with Crippen LogP contribution in [0.3, 0.4) is 0 Å². The van der Waals surface area contributed by atoms with E-state index in [1.165, 1.54) is 30.5 Å². The van der Waals surface area contributed by atoms with Crippen LogP contribution in [0.1, 0.15) is 44.9 Å². The molecule has 0 bridgehead atoms. The maximum Gasteiger partial charge on any atom is 0.228 e. The van der Waals surface area contributed by atoms with Gasteiger partial charge < -0.3 is 25.2 Å². The van der Waals surface area contributed by atoms with E-state index in [-0.39, 0.29) is 11.8 Å². The second-order valence-electron chi connectivity index (χ2n) is 11.9. The van der Waals surface area contributed by atoms with Crippen LogP contribution in [-0.4, -0.2) is 79.8 Å². The molecule has 2 unspecified atom stereocenters. The molecule has 3 aliphatic heterocycles. The first-order valence-corrected chi connectivity index (χ1v) is 15.8. The molecule has 3 aromatic rings. The zero-order valence-electron chi connectivity index (χ0n) is 23.6. The number of aromatic nitrogens is 2. The predicted molar refractivity (Wildman–Crippen MR) is 163 cm³/mol. The number of hydrogen-bond acceptors (Lipinski definition) is 8. The molecule has 40 heavy (non-hydrogen) atoms. The van der Waals surface area contributed by atoms with E-state index in [9.17, 15) is 4.79 Å². The monoisotopic (exact) mass is 562 g/mol. The fourth-order valence-electron chi connectivity index (χ4n) is 6.70. The molecule has 3 aliphatic rings. The minimum Gasteiger partial charge on any atom is -0.381 e. The molecule has 8 nitrogen and oxygen atoms in total. The molecule has 2 atom stereocenters. The first-order valence-electron chi connectivity index (χ1n) is 15.0. The highest BCUT2D eigenvalue weighted by atomic mass is 32.1. The number of ether oxygens (including phenoxy) is 1. The molecular weight excluding hydrogens is 520 g/mol. The highest BCUT2D eigenvalue weighted by Gasteiger charge is 2.29. The number of piperidine rings is 1. The summed E-state index contributed by atoms with van der Waals surface area (Å²) in [5.74, 6) is 2.46. The van der Waals surface area contributed by atoms with Crippen LogP contribution in [0.4, 0.5) is 11.8 Å². The number of nitrogens with zero attached hydrogens (tertiary/aromatic N) is 5. The molecule has 1 amide bonds. The fourth-order valence-corrected chi connectivity index (χ4v) is 7.64. The Morgan fingerprint density at radius 1 is 1.02 bits per heavy atom. The molecule has 214 valence electrons. The molecule has 0 saturated carbocycles.